The third-order valence-corrected chi connectivity index (χ3v) is 2.85. The van der Waals surface area contributed by atoms with Gasteiger partial charge in [-0.25, -0.2) is 4.39 Å². The number of halogens is 2. The molecule has 0 radical (unpaired) electrons. The quantitative estimate of drug-likeness (QED) is 0.909. The molecule has 0 aliphatic rings. The normalized spacial score (nSPS) is 12.4. The highest BCUT2D eigenvalue weighted by Gasteiger charge is 2.11. The van der Waals surface area contributed by atoms with Crippen molar-refractivity contribution in [3.63, 3.8) is 0 Å². The number of aliphatic hydroxyl groups excluding tert-OH is 1. The van der Waals surface area contributed by atoms with Gasteiger partial charge in [0.1, 0.15) is 5.82 Å². The number of hydrogen-bond donors (Lipinski definition) is 1. The van der Waals surface area contributed by atoms with E-state index in [1.54, 1.807) is 30.6 Å². The Morgan fingerprint density at radius 1 is 1.35 bits per heavy atom. The first-order chi connectivity index (χ1) is 8.16. The molecule has 0 spiro atoms. The maximum atomic E-state index is 12.9. The Morgan fingerprint density at radius 3 is 2.82 bits per heavy atom. The average Bonchev–Trinajstić information content (AvgIpc) is 2.34. The summed E-state index contributed by atoms with van der Waals surface area (Å²) in [7, 11) is 0. The van der Waals surface area contributed by atoms with E-state index in [2.05, 4.69) is 4.98 Å². The van der Waals surface area contributed by atoms with Crippen molar-refractivity contribution >= 4 is 11.6 Å². The molecule has 88 valence electrons. The van der Waals surface area contributed by atoms with Crippen LogP contribution in [0.3, 0.4) is 0 Å². The Labute approximate surface area is 104 Å². The van der Waals surface area contributed by atoms with Gasteiger partial charge < -0.3 is 5.11 Å². The first-order valence-corrected chi connectivity index (χ1v) is 5.56. The molecule has 1 aromatic heterocycles. The third-order valence-electron chi connectivity index (χ3n) is 2.50. The zero-order valence-electron chi connectivity index (χ0n) is 8.98. The van der Waals surface area contributed by atoms with Gasteiger partial charge in [-0.15, -0.1) is 0 Å². The monoisotopic (exact) mass is 251 g/mol. The van der Waals surface area contributed by atoms with Gasteiger partial charge in [-0.1, -0.05) is 23.7 Å². The van der Waals surface area contributed by atoms with Gasteiger partial charge in [0, 0.05) is 23.8 Å². The summed E-state index contributed by atoms with van der Waals surface area (Å²) in [6.45, 7) is 0. The highest BCUT2D eigenvalue weighted by Crippen LogP contribution is 2.23. The van der Waals surface area contributed by atoms with Gasteiger partial charge in [0.25, 0.3) is 0 Å². The first kappa shape index (κ1) is 12.0. The lowest BCUT2D eigenvalue weighted by Gasteiger charge is -2.11. The van der Waals surface area contributed by atoms with Crippen molar-refractivity contribution < 1.29 is 9.50 Å². The van der Waals surface area contributed by atoms with Crippen molar-refractivity contribution in [3.05, 3.63) is 64.7 Å². The van der Waals surface area contributed by atoms with E-state index in [0.717, 1.165) is 0 Å². The fourth-order valence-corrected chi connectivity index (χ4v) is 1.83. The number of aromatic nitrogens is 1. The molecule has 0 saturated carbocycles. The lowest BCUT2D eigenvalue weighted by atomic mass is 10.0. The summed E-state index contributed by atoms with van der Waals surface area (Å²) in [6.07, 6.45) is 2.89. The van der Waals surface area contributed by atoms with Crippen molar-refractivity contribution in [3.8, 4) is 0 Å². The van der Waals surface area contributed by atoms with Crippen LogP contribution in [0.5, 0.6) is 0 Å². The van der Waals surface area contributed by atoms with Gasteiger partial charge in [0.2, 0.25) is 0 Å². The lowest BCUT2D eigenvalue weighted by Crippen LogP contribution is -2.02. The summed E-state index contributed by atoms with van der Waals surface area (Å²) in [4.78, 5) is 3.93. The molecule has 4 heteroatoms. The van der Waals surface area contributed by atoms with Crippen LogP contribution in [-0.4, -0.2) is 10.1 Å². The molecule has 2 nitrogen and oxygen atoms in total. The van der Waals surface area contributed by atoms with Crippen LogP contribution < -0.4 is 0 Å². The van der Waals surface area contributed by atoms with Gasteiger partial charge in [-0.05, 0) is 29.3 Å². The topological polar surface area (TPSA) is 33.1 Å². The van der Waals surface area contributed by atoms with Crippen molar-refractivity contribution in [2.75, 3.05) is 0 Å². The molecule has 1 atom stereocenters. The molecule has 17 heavy (non-hydrogen) atoms. The van der Waals surface area contributed by atoms with Gasteiger partial charge in [-0.3, -0.25) is 4.98 Å². The van der Waals surface area contributed by atoms with E-state index >= 15 is 0 Å². The second-order valence-electron chi connectivity index (χ2n) is 3.74. The highest BCUT2D eigenvalue weighted by atomic mass is 35.5. The van der Waals surface area contributed by atoms with Crippen molar-refractivity contribution in [1.82, 2.24) is 4.98 Å². The van der Waals surface area contributed by atoms with Crippen LogP contribution in [0.2, 0.25) is 5.02 Å². The Bertz CT molecular complexity index is 504. The minimum Gasteiger partial charge on any atom is -0.388 e. The molecule has 0 fully saturated rings. The van der Waals surface area contributed by atoms with Crippen LogP contribution in [0, 0.1) is 5.82 Å². The van der Waals surface area contributed by atoms with E-state index in [1.165, 1.54) is 12.1 Å². The van der Waals surface area contributed by atoms with Crippen LogP contribution in [0.15, 0.2) is 42.7 Å². The fourth-order valence-electron chi connectivity index (χ4n) is 1.59. The Morgan fingerprint density at radius 2 is 2.18 bits per heavy atom. The maximum Gasteiger partial charge on any atom is 0.124 e. The van der Waals surface area contributed by atoms with Crippen LogP contribution in [0.25, 0.3) is 0 Å². The van der Waals surface area contributed by atoms with E-state index in [1.807, 2.05) is 0 Å². The molecule has 1 N–H and O–H groups in total. The molecular formula is C13H11ClFNO. The lowest BCUT2D eigenvalue weighted by molar-refractivity contribution is 0.178. The molecule has 2 aromatic rings. The SMILES string of the molecule is OC(Cc1ccc(F)cc1Cl)c1cccnc1. The largest absolute Gasteiger partial charge is 0.388 e. The standard InChI is InChI=1S/C13H11ClFNO/c14-12-7-11(15)4-3-9(12)6-13(17)10-2-1-5-16-8-10/h1-5,7-8,13,17H,6H2. The van der Waals surface area contributed by atoms with Crippen LogP contribution >= 0.6 is 11.6 Å². The Kier molecular flexibility index (Phi) is 3.71. The molecule has 0 saturated heterocycles. The van der Waals surface area contributed by atoms with E-state index in [4.69, 9.17) is 11.6 Å². The predicted octanol–water partition coefficient (Wildman–Crippen LogP) is 3.15. The molecular weight excluding hydrogens is 241 g/mol. The summed E-state index contributed by atoms with van der Waals surface area (Å²) >= 11 is 5.89. The minimum atomic E-state index is -0.688. The van der Waals surface area contributed by atoms with Crippen LogP contribution in [0.1, 0.15) is 17.2 Å². The van der Waals surface area contributed by atoms with Gasteiger partial charge >= 0.3 is 0 Å². The van der Waals surface area contributed by atoms with Gasteiger partial charge in [0.15, 0.2) is 0 Å². The second-order valence-corrected chi connectivity index (χ2v) is 4.15. The Balaban J connectivity index is 2.16. The van der Waals surface area contributed by atoms with Crippen molar-refractivity contribution in [1.29, 1.82) is 0 Å². The summed E-state index contributed by atoms with van der Waals surface area (Å²) < 4.78 is 12.9. The third kappa shape index (κ3) is 3.02. The van der Waals surface area contributed by atoms with Gasteiger partial charge in [0.05, 0.1) is 6.10 Å². The zero-order chi connectivity index (χ0) is 12.3. The van der Waals surface area contributed by atoms with E-state index in [9.17, 15) is 9.50 Å². The molecule has 1 aromatic carbocycles. The number of pyridine rings is 1. The average molecular weight is 252 g/mol. The number of nitrogens with zero attached hydrogens (tertiary/aromatic N) is 1. The van der Waals surface area contributed by atoms with Crippen LogP contribution in [0.4, 0.5) is 4.39 Å². The van der Waals surface area contributed by atoms with Gasteiger partial charge in [-0.2, -0.15) is 0 Å². The fraction of sp³-hybridized carbons (Fsp3) is 0.154. The first-order valence-electron chi connectivity index (χ1n) is 5.19. The minimum absolute atomic E-state index is 0.327. The number of rotatable bonds is 3. The zero-order valence-corrected chi connectivity index (χ0v) is 9.73. The summed E-state index contributed by atoms with van der Waals surface area (Å²) in [6, 6.07) is 7.70. The molecule has 0 amide bonds. The number of aliphatic hydroxyl groups is 1. The molecule has 0 bridgehead atoms. The van der Waals surface area contributed by atoms with E-state index in [0.29, 0.717) is 22.6 Å². The maximum absolute atomic E-state index is 12.9. The predicted molar refractivity (Wildman–Crippen MR) is 64.3 cm³/mol. The number of hydrogen-bond acceptors (Lipinski definition) is 2. The Hall–Kier alpha value is -1.45. The number of benzene rings is 1. The highest BCUT2D eigenvalue weighted by molar-refractivity contribution is 6.31. The second kappa shape index (κ2) is 5.25. The van der Waals surface area contributed by atoms with Crippen molar-refractivity contribution in [2.45, 2.75) is 12.5 Å². The van der Waals surface area contributed by atoms with Crippen molar-refractivity contribution in [2.24, 2.45) is 0 Å². The molecule has 2 rings (SSSR count). The molecule has 0 aliphatic carbocycles. The molecule has 1 unspecified atom stereocenters. The molecule has 1 heterocycles. The molecule has 0 aliphatic heterocycles. The van der Waals surface area contributed by atoms with E-state index in [-0.39, 0.29) is 5.82 Å². The summed E-state index contributed by atoms with van der Waals surface area (Å²) in [5.41, 5.74) is 1.43. The smallest absolute Gasteiger partial charge is 0.124 e. The summed E-state index contributed by atoms with van der Waals surface area (Å²) in [5.74, 6) is -0.380. The summed E-state index contributed by atoms with van der Waals surface area (Å²) in [5, 5.41) is 10.3. The van der Waals surface area contributed by atoms with Crippen LogP contribution in [-0.2, 0) is 6.42 Å². The van der Waals surface area contributed by atoms with E-state index < -0.39 is 6.10 Å².